The monoisotopic (exact) mass is 220 g/mol. The number of carbonyl (C=O) groups is 1. The topological polar surface area (TPSA) is 46.3 Å². The van der Waals surface area contributed by atoms with Crippen LogP contribution in [-0.4, -0.2) is 23.9 Å². The molecule has 1 atom stereocenters. The van der Waals surface area contributed by atoms with E-state index in [9.17, 15) is 4.79 Å². The molecule has 0 spiro atoms. The highest BCUT2D eigenvalue weighted by Crippen LogP contribution is 2.07. The summed E-state index contributed by atoms with van der Waals surface area (Å²) in [5, 5.41) is 0. The van der Waals surface area contributed by atoms with Gasteiger partial charge < -0.3 is 10.6 Å². The lowest BCUT2D eigenvalue weighted by molar-refractivity contribution is -0.131. The van der Waals surface area contributed by atoms with Crippen LogP contribution >= 0.6 is 0 Å². The predicted molar refractivity (Wildman–Crippen MR) is 65.9 cm³/mol. The largest absolute Gasteiger partial charge is 0.340 e. The molecular formula is C13H20N2O. The second-order valence-corrected chi connectivity index (χ2v) is 4.20. The molecule has 1 amide bonds. The maximum absolute atomic E-state index is 11.8. The van der Waals surface area contributed by atoms with Crippen molar-refractivity contribution >= 4 is 5.91 Å². The van der Waals surface area contributed by atoms with Crippen molar-refractivity contribution in [3.63, 3.8) is 0 Å². The van der Waals surface area contributed by atoms with Crippen LogP contribution < -0.4 is 5.73 Å². The Kier molecular flexibility index (Phi) is 4.50. The van der Waals surface area contributed by atoms with Gasteiger partial charge in [0.15, 0.2) is 0 Å². The molecule has 1 rings (SSSR count). The van der Waals surface area contributed by atoms with Gasteiger partial charge >= 0.3 is 0 Å². The van der Waals surface area contributed by atoms with E-state index in [1.54, 1.807) is 11.9 Å². The van der Waals surface area contributed by atoms with E-state index >= 15 is 0 Å². The third-order valence-corrected chi connectivity index (χ3v) is 2.64. The zero-order chi connectivity index (χ0) is 12.1. The first kappa shape index (κ1) is 12.7. The van der Waals surface area contributed by atoms with Crippen LogP contribution in [0.15, 0.2) is 24.3 Å². The van der Waals surface area contributed by atoms with E-state index < -0.39 is 0 Å². The third kappa shape index (κ3) is 3.35. The molecule has 0 aliphatic heterocycles. The minimum Gasteiger partial charge on any atom is -0.340 e. The number of amides is 1. The smallest absolute Gasteiger partial charge is 0.239 e. The standard InChI is InChI=1S/C13H20N2O/c1-4-12(14)13(16)15(3)9-11-7-5-6-10(2)8-11/h5-8,12H,4,9,14H2,1-3H3. The van der Waals surface area contributed by atoms with Gasteiger partial charge in [0.25, 0.3) is 0 Å². The summed E-state index contributed by atoms with van der Waals surface area (Å²) in [5.74, 6) is 0.00371. The van der Waals surface area contributed by atoms with Gasteiger partial charge in [-0.25, -0.2) is 0 Å². The molecule has 0 bridgehead atoms. The van der Waals surface area contributed by atoms with Crippen LogP contribution in [-0.2, 0) is 11.3 Å². The zero-order valence-corrected chi connectivity index (χ0v) is 10.2. The maximum Gasteiger partial charge on any atom is 0.239 e. The molecule has 1 aromatic rings. The third-order valence-electron chi connectivity index (χ3n) is 2.64. The molecule has 3 nitrogen and oxygen atoms in total. The van der Waals surface area contributed by atoms with Crippen LogP contribution in [0.3, 0.4) is 0 Å². The van der Waals surface area contributed by atoms with Crippen molar-refractivity contribution in [3.8, 4) is 0 Å². The van der Waals surface area contributed by atoms with Crippen molar-refractivity contribution in [3.05, 3.63) is 35.4 Å². The van der Waals surface area contributed by atoms with Crippen LogP contribution in [0.25, 0.3) is 0 Å². The number of benzene rings is 1. The van der Waals surface area contributed by atoms with Gasteiger partial charge in [-0.3, -0.25) is 4.79 Å². The quantitative estimate of drug-likeness (QED) is 0.839. The Morgan fingerprint density at radius 2 is 2.19 bits per heavy atom. The van der Waals surface area contributed by atoms with E-state index in [2.05, 4.69) is 6.07 Å². The van der Waals surface area contributed by atoms with E-state index in [0.717, 1.165) is 5.56 Å². The Hall–Kier alpha value is -1.35. The molecule has 0 aromatic heterocycles. The summed E-state index contributed by atoms with van der Waals surface area (Å²) in [6, 6.07) is 7.77. The minimum atomic E-state index is -0.380. The van der Waals surface area contributed by atoms with Crippen molar-refractivity contribution in [1.82, 2.24) is 4.90 Å². The first-order chi connectivity index (χ1) is 7.54. The number of nitrogens with zero attached hydrogens (tertiary/aromatic N) is 1. The summed E-state index contributed by atoms with van der Waals surface area (Å²) in [6.45, 7) is 4.58. The summed E-state index contributed by atoms with van der Waals surface area (Å²) in [7, 11) is 1.79. The van der Waals surface area contributed by atoms with Crippen molar-refractivity contribution in [1.29, 1.82) is 0 Å². The van der Waals surface area contributed by atoms with E-state index in [-0.39, 0.29) is 11.9 Å². The normalized spacial score (nSPS) is 12.2. The van der Waals surface area contributed by atoms with Crippen LogP contribution in [0.1, 0.15) is 24.5 Å². The molecule has 88 valence electrons. The Morgan fingerprint density at radius 1 is 1.50 bits per heavy atom. The Bertz CT molecular complexity index is 363. The molecule has 2 N–H and O–H groups in total. The number of aryl methyl sites for hydroxylation is 1. The van der Waals surface area contributed by atoms with Crippen LogP contribution in [0.4, 0.5) is 0 Å². The van der Waals surface area contributed by atoms with Gasteiger partial charge in [-0.05, 0) is 18.9 Å². The molecule has 16 heavy (non-hydrogen) atoms. The fourth-order valence-corrected chi connectivity index (χ4v) is 1.62. The van der Waals surface area contributed by atoms with Gasteiger partial charge in [0.2, 0.25) is 5.91 Å². The predicted octanol–water partition coefficient (Wildman–Crippen LogP) is 1.69. The molecule has 0 saturated carbocycles. The first-order valence-electron chi connectivity index (χ1n) is 5.60. The fourth-order valence-electron chi connectivity index (χ4n) is 1.62. The number of hydrogen-bond acceptors (Lipinski definition) is 2. The summed E-state index contributed by atoms with van der Waals surface area (Å²) in [5.41, 5.74) is 8.05. The molecular weight excluding hydrogens is 200 g/mol. The highest BCUT2D eigenvalue weighted by atomic mass is 16.2. The van der Waals surface area contributed by atoms with Gasteiger partial charge in [-0.2, -0.15) is 0 Å². The summed E-state index contributed by atoms with van der Waals surface area (Å²) < 4.78 is 0. The molecule has 0 radical (unpaired) electrons. The maximum atomic E-state index is 11.8. The minimum absolute atomic E-state index is 0.00371. The average molecular weight is 220 g/mol. The SMILES string of the molecule is CCC(N)C(=O)N(C)Cc1cccc(C)c1. The number of hydrogen-bond donors (Lipinski definition) is 1. The molecule has 0 aliphatic carbocycles. The van der Waals surface area contributed by atoms with Crippen LogP contribution in [0, 0.1) is 6.92 Å². The summed E-state index contributed by atoms with van der Waals surface area (Å²) >= 11 is 0. The first-order valence-corrected chi connectivity index (χ1v) is 5.60. The van der Waals surface area contributed by atoms with Gasteiger partial charge in [0.1, 0.15) is 0 Å². The lowest BCUT2D eigenvalue weighted by atomic mass is 10.1. The molecule has 3 heteroatoms. The van der Waals surface area contributed by atoms with Gasteiger partial charge in [-0.15, -0.1) is 0 Å². The number of carbonyl (C=O) groups excluding carboxylic acids is 1. The Labute approximate surface area is 97.2 Å². The van der Waals surface area contributed by atoms with Crippen LogP contribution in [0.2, 0.25) is 0 Å². The van der Waals surface area contributed by atoms with E-state index in [1.165, 1.54) is 5.56 Å². The molecule has 0 heterocycles. The fraction of sp³-hybridized carbons (Fsp3) is 0.462. The van der Waals surface area contributed by atoms with Crippen molar-refractivity contribution in [2.75, 3.05) is 7.05 Å². The highest BCUT2D eigenvalue weighted by molar-refractivity contribution is 5.81. The van der Waals surface area contributed by atoms with Gasteiger partial charge in [0.05, 0.1) is 6.04 Å². The molecule has 1 unspecified atom stereocenters. The second kappa shape index (κ2) is 5.66. The Morgan fingerprint density at radius 3 is 2.75 bits per heavy atom. The van der Waals surface area contributed by atoms with Crippen LogP contribution in [0.5, 0.6) is 0 Å². The van der Waals surface area contributed by atoms with Gasteiger partial charge in [0, 0.05) is 13.6 Å². The number of rotatable bonds is 4. The summed E-state index contributed by atoms with van der Waals surface area (Å²) in [4.78, 5) is 13.4. The van der Waals surface area contributed by atoms with Crippen molar-refractivity contribution in [2.45, 2.75) is 32.9 Å². The molecule has 1 aromatic carbocycles. The zero-order valence-electron chi connectivity index (χ0n) is 10.2. The number of likely N-dealkylation sites (N-methyl/N-ethyl adjacent to an activating group) is 1. The summed E-state index contributed by atoms with van der Waals surface area (Å²) in [6.07, 6.45) is 0.678. The second-order valence-electron chi connectivity index (χ2n) is 4.20. The van der Waals surface area contributed by atoms with Crippen molar-refractivity contribution < 1.29 is 4.79 Å². The molecule has 0 fully saturated rings. The van der Waals surface area contributed by atoms with Crippen molar-refractivity contribution in [2.24, 2.45) is 5.73 Å². The van der Waals surface area contributed by atoms with E-state index in [0.29, 0.717) is 13.0 Å². The lowest BCUT2D eigenvalue weighted by Gasteiger charge is -2.20. The van der Waals surface area contributed by atoms with Gasteiger partial charge in [-0.1, -0.05) is 36.8 Å². The molecule has 0 aliphatic rings. The highest BCUT2D eigenvalue weighted by Gasteiger charge is 2.15. The molecule has 0 saturated heterocycles. The van der Waals surface area contributed by atoms with E-state index in [1.807, 2.05) is 32.0 Å². The lowest BCUT2D eigenvalue weighted by Crippen LogP contribution is -2.40. The number of nitrogens with two attached hydrogens (primary N) is 1. The van der Waals surface area contributed by atoms with E-state index in [4.69, 9.17) is 5.73 Å². The average Bonchev–Trinajstić information content (AvgIpc) is 2.27. The Balaban J connectivity index is 2.64.